The van der Waals surface area contributed by atoms with E-state index in [9.17, 15) is 27.9 Å². The third-order valence-electron chi connectivity index (χ3n) is 7.36. The van der Waals surface area contributed by atoms with E-state index in [1.54, 1.807) is 0 Å². The summed E-state index contributed by atoms with van der Waals surface area (Å²) in [5, 5.41) is 9.93. The van der Waals surface area contributed by atoms with Gasteiger partial charge in [0, 0.05) is 12.3 Å². The summed E-state index contributed by atoms with van der Waals surface area (Å²) < 4.78 is 51.7. The van der Waals surface area contributed by atoms with Gasteiger partial charge in [-0.05, 0) is 54.7 Å². The van der Waals surface area contributed by atoms with Crippen LogP contribution in [0.2, 0.25) is 0 Å². The number of hydrogen-bond donors (Lipinski definition) is 1. The molecule has 1 aromatic carbocycles. The summed E-state index contributed by atoms with van der Waals surface area (Å²) in [7, 11) is 0. The van der Waals surface area contributed by atoms with Crippen LogP contribution in [0, 0.1) is 23.7 Å². The summed E-state index contributed by atoms with van der Waals surface area (Å²) in [5.74, 6) is -1.26. The Morgan fingerprint density at radius 3 is 2.63 bits per heavy atom. The normalized spacial score (nSPS) is 32.9. The van der Waals surface area contributed by atoms with Crippen LogP contribution in [-0.4, -0.2) is 35.4 Å². The average molecular weight is 493 g/mol. The van der Waals surface area contributed by atoms with Crippen molar-refractivity contribution in [3.63, 3.8) is 0 Å². The maximum absolute atomic E-state index is 13.5. The molecule has 1 fully saturated rings. The predicted octanol–water partition coefficient (Wildman–Crippen LogP) is 5.48. The van der Waals surface area contributed by atoms with Crippen LogP contribution in [-0.2, 0) is 20.4 Å². The van der Waals surface area contributed by atoms with Crippen LogP contribution < -0.4 is 0 Å². The summed E-state index contributed by atoms with van der Waals surface area (Å²) in [6.45, 7) is 4.06. The molecule has 190 valence electrons. The molecule has 0 bridgehead atoms. The second-order valence-electron chi connectivity index (χ2n) is 10.1. The van der Waals surface area contributed by atoms with Gasteiger partial charge in [-0.2, -0.15) is 13.2 Å². The number of alkyl halides is 3. The molecule has 1 aliphatic heterocycles. The molecule has 1 saturated heterocycles. The zero-order chi connectivity index (χ0) is 25.3. The Morgan fingerprint density at radius 1 is 1.17 bits per heavy atom. The van der Waals surface area contributed by atoms with Crippen LogP contribution in [0.15, 0.2) is 48.1 Å². The van der Waals surface area contributed by atoms with E-state index in [1.807, 2.05) is 13.0 Å². The van der Waals surface area contributed by atoms with Crippen molar-refractivity contribution in [1.29, 1.82) is 0 Å². The molecule has 0 radical (unpaired) electrons. The van der Waals surface area contributed by atoms with Crippen LogP contribution in [0.25, 0.3) is 0 Å². The van der Waals surface area contributed by atoms with Gasteiger partial charge in [-0.3, -0.25) is 4.79 Å². The minimum absolute atomic E-state index is 0.00386. The number of halogens is 3. The Morgan fingerprint density at radius 2 is 1.91 bits per heavy atom. The maximum atomic E-state index is 13.5. The van der Waals surface area contributed by atoms with Crippen LogP contribution in [0.4, 0.5) is 13.2 Å². The molecule has 0 saturated carbocycles. The van der Waals surface area contributed by atoms with E-state index >= 15 is 0 Å². The van der Waals surface area contributed by atoms with Gasteiger partial charge >= 0.3 is 18.1 Å². The molecule has 2 aliphatic carbocycles. The molecule has 1 heterocycles. The topological polar surface area (TPSA) is 72.8 Å². The summed E-state index contributed by atoms with van der Waals surface area (Å²) in [4.78, 5) is 24.7. The first-order valence-corrected chi connectivity index (χ1v) is 12.2. The first kappa shape index (κ1) is 25.5. The third kappa shape index (κ3) is 5.80. The number of aliphatic hydroxyl groups excluding tert-OH is 1. The fourth-order valence-corrected chi connectivity index (χ4v) is 5.75. The van der Waals surface area contributed by atoms with Crippen LogP contribution in [0.5, 0.6) is 0 Å². The van der Waals surface area contributed by atoms with Gasteiger partial charge in [0.1, 0.15) is 12.2 Å². The highest BCUT2D eigenvalue weighted by atomic mass is 19.4. The second-order valence-corrected chi connectivity index (χ2v) is 10.1. The minimum atomic E-state index is -4.66. The predicted molar refractivity (Wildman–Crippen MR) is 122 cm³/mol. The minimum Gasteiger partial charge on any atom is -0.462 e. The zero-order valence-corrected chi connectivity index (χ0v) is 19.8. The number of allylic oxidation sites excluding steroid dienone is 3. The lowest BCUT2D eigenvalue weighted by Gasteiger charge is -2.43. The summed E-state index contributed by atoms with van der Waals surface area (Å²) in [6, 6.07) is 4.69. The number of ether oxygens (including phenoxy) is 2. The number of aliphatic hydroxyl groups is 1. The van der Waals surface area contributed by atoms with Crippen molar-refractivity contribution >= 4 is 11.9 Å². The maximum Gasteiger partial charge on any atom is 0.417 e. The van der Waals surface area contributed by atoms with Crippen molar-refractivity contribution in [2.75, 3.05) is 0 Å². The number of benzene rings is 1. The number of carbonyl (C=O) groups excluding carboxylic acids is 2. The van der Waals surface area contributed by atoms with E-state index in [1.165, 1.54) is 12.1 Å². The fourth-order valence-electron chi connectivity index (χ4n) is 5.75. The van der Waals surface area contributed by atoms with E-state index in [-0.39, 0.29) is 36.2 Å². The van der Waals surface area contributed by atoms with Crippen molar-refractivity contribution in [3.05, 3.63) is 59.2 Å². The molecule has 0 aromatic heterocycles. The molecular weight excluding hydrogens is 461 g/mol. The summed E-state index contributed by atoms with van der Waals surface area (Å²) in [5.41, 5.74) is -0.465. The quantitative estimate of drug-likeness (QED) is 0.551. The number of carbonyl (C=O) groups is 2. The van der Waals surface area contributed by atoms with E-state index < -0.39 is 41.4 Å². The highest BCUT2D eigenvalue weighted by Crippen LogP contribution is 2.45. The van der Waals surface area contributed by atoms with Gasteiger partial charge in [0.15, 0.2) is 0 Å². The van der Waals surface area contributed by atoms with Crippen LogP contribution in [0.3, 0.4) is 0 Å². The van der Waals surface area contributed by atoms with Crippen molar-refractivity contribution in [2.24, 2.45) is 23.7 Å². The number of esters is 2. The van der Waals surface area contributed by atoms with Crippen LogP contribution >= 0.6 is 0 Å². The molecule has 3 aliphatic rings. The Labute approximate surface area is 203 Å². The molecule has 4 rings (SSSR count). The number of rotatable bonds is 5. The first-order valence-electron chi connectivity index (χ1n) is 12.2. The van der Waals surface area contributed by atoms with Crippen molar-refractivity contribution in [1.82, 2.24) is 0 Å². The lowest BCUT2D eigenvalue weighted by molar-refractivity contribution is -0.160. The summed E-state index contributed by atoms with van der Waals surface area (Å²) in [6.07, 6.45) is 2.08. The SMILES string of the molecule is C[C@H]1C=C2C=C[C@H](C)[C@H](CC[C@@H]3C[C@@H](O)CC(=O)O3)[C@H]2[C@@H](OC(=O)c2ccccc2C(F)(F)F)C1. The van der Waals surface area contributed by atoms with Gasteiger partial charge in [-0.15, -0.1) is 0 Å². The molecule has 0 spiro atoms. The van der Waals surface area contributed by atoms with Crippen molar-refractivity contribution < 1.29 is 37.3 Å². The Balaban J connectivity index is 1.55. The monoisotopic (exact) mass is 492 g/mol. The van der Waals surface area contributed by atoms with Gasteiger partial charge in [0.25, 0.3) is 0 Å². The Kier molecular flexibility index (Phi) is 7.40. The number of fused-ring (bicyclic) bond motifs is 1. The van der Waals surface area contributed by atoms with E-state index in [0.717, 1.165) is 17.7 Å². The molecule has 1 N–H and O–H groups in total. The smallest absolute Gasteiger partial charge is 0.417 e. The van der Waals surface area contributed by atoms with Gasteiger partial charge in [-0.1, -0.05) is 44.2 Å². The number of cyclic esters (lactones) is 1. The van der Waals surface area contributed by atoms with Gasteiger partial charge in [-0.25, -0.2) is 4.79 Å². The van der Waals surface area contributed by atoms with E-state index in [2.05, 4.69) is 19.1 Å². The van der Waals surface area contributed by atoms with E-state index in [0.29, 0.717) is 25.7 Å². The van der Waals surface area contributed by atoms with Gasteiger partial charge < -0.3 is 14.6 Å². The average Bonchev–Trinajstić information content (AvgIpc) is 2.77. The molecular formula is C27H31F3O5. The number of hydrogen-bond acceptors (Lipinski definition) is 5. The van der Waals surface area contributed by atoms with Gasteiger partial charge in [0.05, 0.1) is 23.7 Å². The van der Waals surface area contributed by atoms with Crippen molar-refractivity contribution in [2.45, 2.75) is 70.4 Å². The Bertz CT molecular complexity index is 1010. The summed E-state index contributed by atoms with van der Waals surface area (Å²) >= 11 is 0. The molecule has 7 atom stereocenters. The molecule has 35 heavy (non-hydrogen) atoms. The Hall–Kier alpha value is -2.61. The second kappa shape index (κ2) is 10.2. The highest BCUT2D eigenvalue weighted by molar-refractivity contribution is 5.91. The van der Waals surface area contributed by atoms with E-state index in [4.69, 9.17) is 9.47 Å². The van der Waals surface area contributed by atoms with Gasteiger partial charge in [0.2, 0.25) is 0 Å². The lowest BCUT2D eigenvalue weighted by Crippen LogP contribution is -2.41. The third-order valence-corrected chi connectivity index (χ3v) is 7.36. The molecule has 5 nitrogen and oxygen atoms in total. The molecule has 8 heteroatoms. The standard InChI is InChI=1S/C27H31F3O5/c1-15-11-17-8-7-16(2)20(10-9-19-13-18(31)14-24(32)34-19)25(17)23(12-15)35-26(33)21-5-3-4-6-22(21)27(28,29)30/h3-8,11,15-16,18-20,23,25,31H,9-10,12-14H2,1-2H3/t15-,16-,18+,19+,20-,23-,25-/m0/s1. The molecule has 1 aromatic rings. The van der Waals surface area contributed by atoms with Crippen LogP contribution in [0.1, 0.15) is 61.9 Å². The fraction of sp³-hybridized carbons (Fsp3) is 0.556. The first-order chi connectivity index (χ1) is 16.5. The molecule has 0 unspecified atom stereocenters. The molecule has 0 amide bonds. The largest absolute Gasteiger partial charge is 0.462 e. The van der Waals surface area contributed by atoms with Crippen molar-refractivity contribution in [3.8, 4) is 0 Å². The lowest BCUT2D eigenvalue weighted by atomic mass is 9.65. The highest BCUT2D eigenvalue weighted by Gasteiger charge is 2.43. The zero-order valence-electron chi connectivity index (χ0n) is 19.8.